The summed E-state index contributed by atoms with van der Waals surface area (Å²) in [6.45, 7) is 0.175. The summed E-state index contributed by atoms with van der Waals surface area (Å²) in [5.41, 5.74) is 4.83. The minimum Gasteiger partial charge on any atom is -0.452 e. The molecule has 11 nitrogen and oxygen atoms in total. The minimum absolute atomic E-state index is 0.0913. The molecule has 0 aliphatic carbocycles. The maximum atomic E-state index is 12.1. The van der Waals surface area contributed by atoms with Crippen LogP contribution in [-0.2, 0) is 19.6 Å². The average Bonchev–Trinajstić information content (AvgIpc) is 2.58. The third-order valence-corrected chi connectivity index (χ3v) is 5.15. The van der Waals surface area contributed by atoms with Gasteiger partial charge in [0.25, 0.3) is 11.6 Å². The van der Waals surface area contributed by atoms with Crippen molar-refractivity contribution in [2.45, 2.75) is 0 Å². The van der Waals surface area contributed by atoms with Crippen molar-refractivity contribution >= 4 is 33.3 Å². The summed E-state index contributed by atoms with van der Waals surface area (Å²) >= 11 is 0. The fourth-order valence-electron chi connectivity index (χ4n) is 2.40. The van der Waals surface area contributed by atoms with Crippen molar-refractivity contribution in [1.82, 2.24) is 9.21 Å². The van der Waals surface area contributed by atoms with Crippen LogP contribution in [0.2, 0.25) is 0 Å². The summed E-state index contributed by atoms with van der Waals surface area (Å²) in [6.07, 6.45) is 1.10. The number of carbonyl (C=O) groups excluding carboxylic acids is 2. The number of hydrogen-bond acceptors (Lipinski definition) is 8. The van der Waals surface area contributed by atoms with Gasteiger partial charge in [-0.3, -0.25) is 14.9 Å². The van der Waals surface area contributed by atoms with Crippen LogP contribution in [0.5, 0.6) is 0 Å². The number of anilines is 1. The van der Waals surface area contributed by atoms with Crippen LogP contribution in [0.25, 0.3) is 0 Å². The van der Waals surface area contributed by atoms with Crippen molar-refractivity contribution in [3.8, 4) is 0 Å². The quantitative estimate of drug-likeness (QED) is 0.306. The molecule has 0 radical (unpaired) electrons. The molecule has 26 heavy (non-hydrogen) atoms. The topological polar surface area (TPSA) is 153 Å². The molecule has 1 aliphatic rings. The number of sulfonamides is 1. The number of esters is 1. The number of hydrogen-bond donors (Lipinski definition) is 1. The van der Waals surface area contributed by atoms with E-state index in [9.17, 15) is 28.1 Å². The van der Waals surface area contributed by atoms with E-state index >= 15 is 0 Å². The van der Waals surface area contributed by atoms with E-state index < -0.39 is 39.1 Å². The van der Waals surface area contributed by atoms with Crippen LogP contribution in [0.3, 0.4) is 0 Å². The molecule has 1 aromatic carbocycles. The van der Waals surface area contributed by atoms with Gasteiger partial charge in [-0.25, -0.2) is 13.2 Å². The number of carbonyl (C=O) groups is 2. The summed E-state index contributed by atoms with van der Waals surface area (Å²) < 4.78 is 29.0. The number of nitrogen functional groups attached to an aromatic ring is 1. The van der Waals surface area contributed by atoms with Crippen LogP contribution in [0, 0.1) is 10.1 Å². The molecule has 1 amide bonds. The minimum atomic E-state index is -3.31. The van der Waals surface area contributed by atoms with Crippen molar-refractivity contribution in [2.75, 3.05) is 44.8 Å². The highest BCUT2D eigenvalue weighted by Gasteiger charge is 2.26. The zero-order valence-corrected chi connectivity index (χ0v) is 14.8. The number of nitrogens with two attached hydrogens (primary N) is 1. The second-order valence-electron chi connectivity index (χ2n) is 5.65. The number of amides is 1. The van der Waals surface area contributed by atoms with Gasteiger partial charge >= 0.3 is 5.97 Å². The van der Waals surface area contributed by atoms with Crippen molar-refractivity contribution in [3.05, 3.63) is 33.9 Å². The SMILES string of the molecule is CS(=O)(=O)N1CCN(C(=O)COC(=O)c2ccc(N)c([N+](=O)[O-])c2)CC1. The van der Waals surface area contributed by atoms with E-state index in [2.05, 4.69) is 0 Å². The molecule has 1 saturated heterocycles. The second-order valence-corrected chi connectivity index (χ2v) is 7.63. The van der Waals surface area contributed by atoms with Gasteiger partial charge in [0.1, 0.15) is 5.69 Å². The molecular weight excluding hydrogens is 368 g/mol. The lowest BCUT2D eigenvalue weighted by Crippen LogP contribution is -2.51. The van der Waals surface area contributed by atoms with Crippen LogP contribution in [0.15, 0.2) is 18.2 Å². The normalized spacial score (nSPS) is 15.5. The summed E-state index contributed by atoms with van der Waals surface area (Å²) in [5, 5.41) is 10.8. The van der Waals surface area contributed by atoms with Crippen molar-refractivity contribution in [1.29, 1.82) is 0 Å². The molecular formula is C14H18N4O7S. The molecule has 1 fully saturated rings. The van der Waals surface area contributed by atoms with E-state index in [1.54, 1.807) is 0 Å². The largest absolute Gasteiger partial charge is 0.452 e. The summed E-state index contributed by atoms with van der Waals surface area (Å²) in [7, 11) is -3.31. The van der Waals surface area contributed by atoms with Gasteiger partial charge in [0.05, 0.1) is 16.7 Å². The average molecular weight is 386 g/mol. The number of rotatable bonds is 5. The number of benzene rings is 1. The molecule has 2 rings (SSSR count). The van der Waals surface area contributed by atoms with E-state index in [0.717, 1.165) is 12.3 Å². The van der Waals surface area contributed by atoms with Crippen molar-refractivity contribution < 1.29 is 27.7 Å². The Hall–Kier alpha value is -2.73. The summed E-state index contributed by atoms with van der Waals surface area (Å²) in [5.74, 6) is -1.37. The molecule has 2 N–H and O–H groups in total. The Morgan fingerprint density at radius 1 is 1.27 bits per heavy atom. The Morgan fingerprint density at radius 3 is 2.42 bits per heavy atom. The highest BCUT2D eigenvalue weighted by molar-refractivity contribution is 7.88. The van der Waals surface area contributed by atoms with Gasteiger partial charge in [-0.2, -0.15) is 4.31 Å². The van der Waals surface area contributed by atoms with E-state index in [4.69, 9.17) is 10.5 Å². The van der Waals surface area contributed by atoms with Gasteiger partial charge in [-0.1, -0.05) is 0 Å². The molecule has 0 aromatic heterocycles. The van der Waals surface area contributed by atoms with Gasteiger partial charge in [-0.15, -0.1) is 0 Å². The van der Waals surface area contributed by atoms with Crippen LogP contribution < -0.4 is 5.73 Å². The highest BCUT2D eigenvalue weighted by atomic mass is 32.2. The van der Waals surface area contributed by atoms with Crippen LogP contribution >= 0.6 is 0 Å². The number of nitrogens with zero attached hydrogens (tertiary/aromatic N) is 3. The zero-order valence-electron chi connectivity index (χ0n) is 14.0. The van der Waals surface area contributed by atoms with Gasteiger partial charge < -0.3 is 15.4 Å². The number of piperazine rings is 1. The van der Waals surface area contributed by atoms with Gasteiger partial charge in [0.2, 0.25) is 10.0 Å². The van der Waals surface area contributed by atoms with Gasteiger partial charge in [0.15, 0.2) is 6.61 Å². The fourth-order valence-corrected chi connectivity index (χ4v) is 3.23. The molecule has 0 unspecified atom stereocenters. The standard InChI is InChI=1S/C14H18N4O7S/c1-26(23,24)17-6-4-16(5-7-17)13(19)9-25-14(20)10-2-3-11(15)12(8-10)18(21)22/h2-3,8H,4-7,9,15H2,1H3. The third kappa shape index (κ3) is 4.67. The molecule has 0 atom stereocenters. The maximum absolute atomic E-state index is 12.1. The molecule has 0 bridgehead atoms. The highest BCUT2D eigenvalue weighted by Crippen LogP contribution is 2.22. The lowest BCUT2D eigenvalue weighted by molar-refractivity contribution is -0.383. The van der Waals surface area contributed by atoms with E-state index in [1.807, 2.05) is 0 Å². The molecule has 0 saturated carbocycles. The Bertz CT molecular complexity index is 832. The second kappa shape index (κ2) is 7.66. The maximum Gasteiger partial charge on any atom is 0.338 e. The lowest BCUT2D eigenvalue weighted by atomic mass is 10.2. The van der Waals surface area contributed by atoms with E-state index in [0.29, 0.717) is 0 Å². The van der Waals surface area contributed by atoms with E-state index in [-0.39, 0.29) is 37.4 Å². The molecule has 1 aromatic rings. The zero-order chi connectivity index (χ0) is 19.5. The van der Waals surface area contributed by atoms with Gasteiger partial charge in [-0.05, 0) is 12.1 Å². The first-order chi connectivity index (χ1) is 12.1. The summed E-state index contributed by atoms with van der Waals surface area (Å²) in [4.78, 5) is 35.5. The number of nitro benzene ring substituents is 1. The Labute approximate surface area is 149 Å². The Balaban J connectivity index is 1.91. The van der Waals surface area contributed by atoms with Crippen LogP contribution in [0.1, 0.15) is 10.4 Å². The lowest BCUT2D eigenvalue weighted by Gasteiger charge is -2.33. The molecule has 142 valence electrons. The third-order valence-electron chi connectivity index (χ3n) is 3.85. The molecule has 12 heteroatoms. The van der Waals surface area contributed by atoms with Crippen molar-refractivity contribution in [3.63, 3.8) is 0 Å². The first-order valence-corrected chi connectivity index (χ1v) is 9.38. The van der Waals surface area contributed by atoms with Gasteiger partial charge in [0, 0.05) is 32.2 Å². The number of ether oxygens (including phenoxy) is 1. The number of nitro groups is 1. The first-order valence-electron chi connectivity index (χ1n) is 7.53. The Kier molecular flexibility index (Phi) is 5.77. The monoisotopic (exact) mass is 386 g/mol. The Morgan fingerprint density at radius 2 is 1.88 bits per heavy atom. The van der Waals surface area contributed by atoms with Crippen LogP contribution in [-0.4, -0.2) is 73.5 Å². The predicted molar refractivity (Wildman–Crippen MR) is 90.8 cm³/mol. The predicted octanol–water partition coefficient (Wildman–Crippen LogP) is -0.562. The van der Waals surface area contributed by atoms with E-state index in [1.165, 1.54) is 21.3 Å². The summed E-state index contributed by atoms with van der Waals surface area (Å²) in [6, 6.07) is 3.45. The van der Waals surface area contributed by atoms with Crippen molar-refractivity contribution in [2.24, 2.45) is 0 Å². The molecule has 1 aliphatic heterocycles. The smallest absolute Gasteiger partial charge is 0.338 e. The van der Waals surface area contributed by atoms with Crippen LogP contribution in [0.4, 0.5) is 11.4 Å². The fraction of sp³-hybridized carbons (Fsp3) is 0.429. The molecule has 0 spiro atoms. The first kappa shape index (κ1) is 19.6. The molecule has 1 heterocycles.